The molecule has 0 unspecified atom stereocenters. The smallest absolute Gasteiger partial charge is 0.262 e. The van der Waals surface area contributed by atoms with Crippen molar-refractivity contribution in [1.29, 1.82) is 0 Å². The van der Waals surface area contributed by atoms with E-state index >= 15 is 0 Å². The van der Waals surface area contributed by atoms with Crippen molar-refractivity contribution in [3.05, 3.63) is 48.4 Å². The van der Waals surface area contributed by atoms with Crippen LogP contribution >= 0.6 is 0 Å². The van der Waals surface area contributed by atoms with Crippen molar-refractivity contribution in [2.24, 2.45) is 0 Å². The number of piperazine rings is 1. The van der Waals surface area contributed by atoms with Crippen molar-refractivity contribution in [3.63, 3.8) is 0 Å². The number of hydrogen-bond donors (Lipinski definition) is 1. The summed E-state index contributed by atoms with van der Waals surface area (Å²) in [4.78, 5) is 11.0. The Kier molecular flexibility index (Phi) is 3.92. The molecule has 1 N–H and O–H groups in total. The van der Waals surface area contributed by atoms with Gasteiger partial charge >= 0.3 is 0 Å². The van der Waals surface area contributed by atoms with Crippen LogP contribution in [0, 0.1) is 5.82 Å². The molecule has 0 saturated carbocycles. The average molecular weight is 325 g/mol. The maximum Gasteiger partial charge on any atom is 0.262 e. The number of rotatable bonds is 3. The first-order valence-electron chi connectivity index (χ1n) is 7.82. The topological polar surface area (TPSA) is 67.1 Å². The van der Waals surface area contributed by atoms with Crippen molar-refractivity contribution < 1.29 is 8.91 Å². The van der Waals surface area contributed by atoms with Gasteiger partial charge in [0, 0.05) is 32.4 Å². The number of anilines is 1. The summed E-state index contributed by atoms with van der Waals surface area (Å²) in [5, 5.41) is 7.24. The molecule has 4 rings (SSSR count). The van der Waals surface area contributed by atoms with E-state index in [2.05, 4.69) is 25.3 Å². The third kappa shape index (κ3) is 2.74. The fourth-order valence-electron chi connectivity index (χ4n) is 2.78. The van der Waals surface area contributed by atoms with Crippen LogP contribution in [0.4, 0.5) is 10.2 Å². The number of aromatic nitrogens is 3. The summed E-state index contributed by atoms with van der Waals surface area (Å²) in [5.41, 5.74) is 1.08. The Labute approximate surface area is 138 Å². The Bertz CT molecular complexity index is 844. The highest BCUT2D eigenvalue weighted by Crippen LogP contribution is 2.29. The minimum atomic E-state index is -0.377. The predicted octanol–water partition coefficient (Wildman–Crippen LogP) is 2.35. The number of nitrogens with zero attached hydrogens (tertiary/aromatic N) is 4. The first kappa shape index (κ1) is 14.8. The van der Waals surface area contributed by atoms with Crippen LogP contribution in [0.5, 0.6) is 0 Å². The molecular weight excluding hydrogens is 309 g/mol. The Morgan fingerprint density at radius 3 is 2.67 bits per heavy atom. The van der Waals surface area contributed by atoms with E-state index in [0.29, 0.717) is 11.5 Å². The fraction of sp³-hybridized carbons (Fsp3) is 0.235. The number of pyridine rings is 1. The first-order chi connectivity index (χ1) is 11.8. The second kappa shape index (κ2) is 6.37. The Morgan fingerprint density at radius 2 is 1.83 bits per heavy atom. The number of hydrogen-bond acceptors (Lipinski definition) is 6. The van der Waals surface area contributed by atoms with Crippen molar-refractivity contribution in [2.75, 3.05) is 31.1 Å². The van der Waals surface area contributed by atoms with Crippen molar-refractivity contribution in [1.82, 2.24) is 20.4 Å². The van der Waals surface area contributed by atoms with Crippen LogP contribution in [0.3, 0.4) is 0 Å². The van der Waals surface area contributed by atoms with Gasteiger partial charge in [0.25, 0.3) is 5.89 Å². The zero-order valence-corrected chi connectivity index (χ0v) is 12.9. The first-order valence-corrected chi connectivity index (χ1v) is 7.82. The third-order valence-electron chi connectivity index (χ3n) is 3.97. The molecule has 0 atom stereocenters. The molecule has 122 valence electrons. The standard InChI is InChI=1S/C17H16FN5O/c18-14-6-2-1-4-12(14)15-21-17(24-22-15)13-5-3-7-20-16(13)23-10-8-19-9-11-23/h1-7,19H,8-11H2. The maximum absolute atomic E-state index is 13.9. The molecule has 0 amide bonds. The summed E-state index contributed by atoms with van der Waals surface area (Å²) in [6.07, 6.45) is 1.75. The zero-order valence-electron chi connectivity index (χ0n) is 12.9. The maximum atomic E-state index is 13.9. The number of halogens is 1. The van der Waals surface area contributed by atoms with Gasteiger partial charge in [-0.2, -0.15) is 4.98 Å². The Morgan fingerprint density at radius 1 is 1.04 bits per heavy atom. The van der Waals surface area contributed by atoms with Gasteiger partial charge in [0.15, 0.2) is 0 Å². The molecule has 1 saturated heterocycles. The summed E-state index contributed by atoms with van der Waals surface area (Å²) in [5.74, 6) is 1.01. The minimum absolute atomic E-state index is 0.234. The predicted molar refractivity (Wildman–Crippen MR) is 88.0 cm³/mol. The highest BCUT2D eigenvalue weighted by Gasteiger charge is 2.21. The van der Waals surface area contributed by atoms with Gasteiger partial charge < -0.3 is 14.7 Å². The van der Waals surface area contributed by atoms with Crippen LogP contribution in [0.2, 0.25) is 0 Å². The Hall–Kier alpha value is -2.80. The molecule has 2 aromatic heterocycles. The quantitative estimate of drug-likeness (QED) is 0.797. The lowest BCUT2D eigenvalue weighted by Gasteiger charge is -2.29. The lowest BCUT2D eigenvalue weighted by atomic mass is 10.2. The second-order valence-electron chi connectivity index (χ2n) is 5.51. The molecule has 3 heterocycles. The fourth-order valence-corrected chi connectivity index (χ4v) is 2.78. The summed E-state index contributed by atoms with van der Waals surface area (Å²) >= 11 is 0. The molecule has 0 radical (unpaired) electrons. The van der Waals surface area contributed by atoms with Crippen LogP contribution < -0.4 is 10.2 Å². The van der Waals surface area contributed by atoms with Crippen molar-refractivity contribution >= 4 is 5.82 Å². The van der Waals surface area contributed by atoms with E-state index in [1.165, 1.54) is 6.07 Å². The normalized spacial score (nSPS) is 14.8. The van der Waals surface area contributed by atoms with Gasteiger partial charge in [0.05, 0.1) is 11.1 Å². The Balaban J connectivity index is 1.71. The molecule has 0 spiro atoms. The van der Waals surface area contributed by atoms with E-state index in [1.54, 1.807) is 24.4 Å². The molecule has 7 heteroatoms. The van der Waals surface area contributed by atoms with Gasteiger partial charge in [-0.25, -0.2) is 9.37 Å². The molecule has 1 aromatic carbocycles. The van der Waals surface area contributed by atoms with E-state index < -0.39 is 0 Å². The molecule has 3 aromatic rings. The molecule has 0 bridgehead atoms. The lowest BCUT2D eigenvalue weighted by Crippen LogP contribution is -2.44. The van der Waals surface area contributed by atoms with Crippen LogP contribution in [0.1, 0.15) is 0 Å². The van der Waals surface area contributed by atoms with Crippen LogP contribution in [-0.2, 0) is 0 Å². The summed E-state index contributed by atoms with van der Waals surface area (Å²) in [7, 11) is 0. The van der Waals surface area contributed by atoms with Crippen molar-refractivity contribution in [3.8, 4) is 22.8 Å². The highest BCUT2D eigenvalue weighted by atomic mass is 19.1. The van der Waals surface area contributed by atoms with E-state index in [9.17, 15) is 4.39 Å². The minimum Gasteiger partial charge on any atom is -0.353 e. The molecular formula is C17H16FN5O. The van der Waals surface area contributed by atoms with Crippen molar-refractivity contribution in [2.45, 2.75) is 0 Å². The lowest BCUT2D eigenvalue weighted by molar-refractivity contribution is 0.431. The van der Waals surface area contributed by atoms with Crippen LogP contribution in [-0.4, -0.2) is 41.3 Å². The molecule has 1 aliphatic rings. The van der Waals surface area contributed by atoms with E-state index in [1.807, 2.05) is 12.1 Å². The van der Waals surface area contributed by atoms with Gasteiger partial charge in [-0.1, -0.05) is 17.3 Å². The van der Waals surface area contributed by atoms with Gasteiger partial charge in [-0.05, 0) is 24.3 Å². The van der Waals surface area contributed by atoms with Gasteiger partial charge in [0.2, 0.25) is 5.82 Å². The summed E-state index contributed by atoms with van der Waals surface area (Å²) < 4.78 is 19.3. The largest absolute Gasteiger partial charge is 0.353 e. The van der Waals surface area contributed by atoms with Gasteiger partial charge in [0.1, 0.15) is 11.6 Å². The van der Waals surface area contributed by atoms with E-state index in [0.717, 1.165) is 37.6 Å². The van der Waals surface area contributed by atoms with Crippen LogP contribution in [0.15, 0.2) is 47.1 Å². The molecule has 1 aliphatic heterocycles. The highest BCUT2D eigenvalue weighted by molar-refractivity contribution is 5.71. The monoisotopic (exact) mass is 325 g/mol. The van der Waals surface area contributed by atoms with Gasteiger partial charge in [-0.3, -0.25) is 0 Å². The molecule has 0 aliphatic carbocycles. The average Bonchev–Trinajstić information content (AvgIpc) is 3.12. The third-order valence-corrected chi connectivity index (χ3v) is 3.97. The van der Waals surface area contributed by atoms with Crippen LogP contribution in [0.25, 0.3) is 22.8 Å². The summed E-state index contributed by atoms with van der Waals surface area (Å²) in [6, 6.07) is 10.1. The number of benzene rings is 1. The van der Waals surface area contributed by atoms with E-state index in [-0.39, 0.29) is 11.6 Å². The molecule has 6 nitrogen and oxygen atoms in total. The zero-order chi connectivity index (χ0) is 16.4. The van der Waals surface area contributed by atoms with E-state index in [4.69, 9.17) is 4.52 Å². The number of nitrogens with one attached hydrogen (secondary N) is 1. The SMILES string of the molecule is Fc1ccccc1-c1noc(-c2cccnc2N2CCNCC2)n1. The summed E-state index contributed by atoms with van der Waals surface area (Å²) in [6.45, 7) is 3.53. The molecule has 24 heavy (non-hydrogen) atoms. The molecule has 1 fully saturated rings. The second-order valence-corrected chi connectivity index (χ2v) is 5.51. The van der Waals surface area contributed by atoms with Gasteiger partial charge in [-0.15, -0.1) is 0 Å².